The fraction of sp³-hybridized carbons (Fsp3) is 0.467. The van der Waals surface area contributed by atoms with Crippen LogP contribution in [0.2, 0.25) is 0 Å². The van der Waals surface area contributed by atoms with E-state index in [0.717, 1.165) is 19.5 Å². The summed E-state index contributed by atoms with van der Waals surface area (Å²) in [6.45, 7) is 6.38. The Labute approximate surface area is 105 Å². The number of rotatable bonds is 4. The predicted octanol–water partition coefficient (Wildman–Crippen LogP) is 3.16. The van der Waals surface area contributed by atoms with Crippen molar-refractivity contribution in [1.82, 2.24) is 0 Å². The Morgan fingerprint density at radius 1 is 1.18 bits per heavy atom. The number of hydrogen-bond acceptors (Lipinski definition) is 1. The number of aryl methyl sites for hydroxylation is 1. The van der Waals surface area contributed by atoms with Crippen molar-refractivity contribution in [3.63, 3.8) is 0 Å². The van der Waals surface area contributed by atoms with E-state index < -0.39 is 0 Å². The van der Waals surface area contributed by atoms with Gasteiger partial charge >= 0.3 is 0 Å². The lowest BCUT2D eigenvalue weighted by molar-refractivity contribution is -0.390. The molecule has 2 nitrogen and oxygen atoms in total. The lowest BCUT2D eigenvalue weighted by Gasteiger charge is -1.91. The third-order valence-electron chi connectivity index (χ3n) is 2.67. The second-order valence-corrected chi connectivity index (χ2v) is 4.09. The highest BCUT2D eigenvalue weighted by Crippen LogP contribution is 1.96. The lowest BCUT2D eigenvalue weighted by atomic mass is 10.2. The number of nitrogens with zero attached hydrogens (tertiary/aromatic N) is 2. The van der Waals surface area contributed by atoms with Crippen LogP contribution in [0.3, 0.4) is 0 Å². The van der Waals surface area contributed by atoms with Gasteiger partial charge in [0.15, 0.2) is 6.54 Å². The van der Waals surface area contributed by atoms with Gasteiger partial charge in [0.1, 0.15) is 6.21 Å². The Hall–Kier alpha value is -1.44. The standard InChI is InChI=1S/C8H10.C7H13N2/c1-2-8-6-4-3-5-7-8;1-2-3-5-9-6-4-8-7-9/h3-7H,2H2,1H3;6-7H,2-5H2,1H3/q;+1. The number of aliphatic imine (C=N–C) groups is 1. The van der Waals surface area contributed by atoms with E-state index >= 15 is 0 Å². The molecule has 2 rings (SSSR count). The topological polar surface area (TPSA) is 15.4 Å². The van der Waals surface area contributed by atoms with Crippen LogP contribution in [-0.4, -0.2) is 30.2 Å². The van der Waals surface area contributed by atoms with E-state index in [1.165, 1.54) is 18.4 Å². The summed E-state index contributed by atoms with van der Waals surface area (Å²) in [5.74, 6) is 0. The van der Waals surface area contributed by atoms with Crippen molar-refractivity contribution in [1.29, 1.82) is 0 Å². The summed E-state index contributed by atoms with van der Waals surface area (Å²) >= 11 is 0. The molecule has 0 bridgehead atoms. The van der Waals surface area contributed by atoms with Gasteiger partial charge in [0, 0.05) is 0 Å². The van der Waals surface area contributed by atoms with Crippen LogP contribution in [-0.2, 0) is 6.42 Å². The molecule has 0 radical (unpaired) electrons. The molecule has 0 amide bonds. The SMILES string of the molecule is CCCC[N+]1=CCN=C1.CCc1ccccc1. The molecule has 0 aromatic heterocycles. The lowest BCUT2D eigenvalue weighted by Crippen LogP contribution is -2.08. The summed E-state index contributed by atoms with van der Waals surface area (Å²) in [6, 6.07) is 10.5. The molecular formula is C15H23N2+. The molecule has 0 spiro atoms. The van der Waals surface area contributed by atoms with Gasteiger partial charge in [-0.3, -0.25) is 0 Å². The van der Waals surface area contributed by atoms with Crippen LogP contribution in [0.5, 0.6) is 0 Å². The summed E-state index contributed by atoms with van der Waals surface area (Å²) in [4.78, 5) is 4.06. The molecule has 0 unspecified atom stereocenters. The highest BCUT2D eigenvalue weighted by atomic mass is 15.1. The van der Waals surface area contributed by atoms with Gasteiger partial charge in [-0.15, -0.1) is 0 Å². The Morgan fingerprint density at radius 3 is 2.41 bits per heavy atom. The van der Waals surface area contributed by atoms with E-state index in [1.807, 2.05) is 12.4 Å². The van der Waals surface area contributed by atoms with E-state index in [9.17, 15) is 0 Å². The molecule has 0 fully saturated rings. The molecule has 1 aromatic rings. The maximum Gasteiger partial charge on any atom is 0.280 e. The molecule has 1 heterocycles. The highest BCUT2D eigenvalue weighted by Gasteiger charge is 2.02. The van der Waals surface area contributed by atoms with Gasteiger partial charge in [-0.05, 0) is 18.4 Å². The number of unbranched alkanes of at least 4 members (excludes halogenated alkanes) is 1. The summed E-state index contributed by atoms with van der Waals surface area (Å²) in [7, 11) is 0. The van der Waals surface area contributed by atoms with Gasteiger partial charge in [0.2, 0.25) is 0 Å². The van der Waals surface area contributed by atoms with Crippen molar-refractivity contribution >= 4 is 12.6 Å². The third kappa shape index (κ3) is 6.00. The molecule has 17 heavy (non-hydrogen) atoms. The van der Waals surface area contributed by atoms with Crippen molar-refractivity contribution in [2.24, 2.45) is 4.99 Å². The zero-order chi connectivity index (χ0) is 12.3. The quantitative estimate of drug-likeness (QED) is 0.707. The van der Waals surface area contributed by atoms with Crippen molar-refractivity contribution < 1.29 is 4.58 Å². The van der Waals surface area contributed by atoms with Crippen LogP contribution < -0.4 is 0 Å². The Bertz CT molecular complexity index is 352. The highest BCUT2D eigenvalue weighted by molar-refractivity contribution is 5.67. The Morgan fingerprint density at radius 2 is 1.94 bits per heavy atom. The molecule has 0 N–H and O–H groups in total. The van der Waals surface area contributed by atoms with Gasteiger partial charge in [-0.1, -0.05) is 55.6 Å². The van der Waals surface area contributed by atoms with E-state index in [-0.39, 0.29) is 0 Å². The van der Waals surface area contributed by atoms with Gasteiger partial charge in [-0.25, -0.2) is 4.58 Å². The third-order valence-corrected chi connectivity index (χ3v) is 2.67. The first kappa shape index (κ1) is 13.6. The molecule has 1 aliphatic rings. The Kier molecular flexibility index (Phi) is 6.96. The fourth-order valence-electron chi connectivity index (χ4n) is 1.55. The van der Waals surface area contributed by atoms with Gasteiger partial charge in [0.05, 0.1) is 6.54 Å². The average Bonchev–Trinajstić information content (AvgIpc) is 2.91. The molecule has 2 heteroatoms. The van der Waals surface area contributed by atoms with Gasteiger partial charge < -0.3 is 0 Å². The average molecular weight is 231 g/mol. The molecule has 0 saturated carbocycles. The first-order chi connectivity index (χ1) is 8.36. The van der Waals surface area contributed by atoms with Crippen LogP contribution >= 0.6 is 0 Å². The zero-order valence-electron chi connectivity index (χ0n) is 11.0. The minimum absolute atomic E-state index is 0.879. The molecule has 0 atom stereocenters. The van der Waals surface area contributed by atoms with E-state index in [2.05, 4.69) is 53.9 Å². The van der Waals surface area contributed by atoms with Crippen molar-refractivity contribution in [2.45, 2.75) is 33.1 Å². The first-order valence-electron chi connectivity index (χ1n) is 6.49. The van der Waals surface area contributed by atoms with Crippen LogP contribution in [0.4, 0.5) is 0 Å². The Balaban J connectivity index is 0.000000171. The van der Waals surface area contributed by atoms with Crippen LogP contribution in [0.15, 0.2) is 35.3 Å². The molecule has 92 valence electrons. The largest absolute Gasteiger partial charge is 0.280 e. The van der Waals surface area contributed by atoms with E-state index in [0.29, 0.717) is 0 Å². The van der Waals surface area contributed by atoms with Crippen molar-refractivity contribution in [3.05, 3.63) is 35.9 Å². The molecule has 0 saturated heterocycles. The molecule has 0 aliphatic carbocycles. The molecule has 1 aromatic carbocycles. The van der Waals surface area contributed by atoms with E-state index in [1.54, 1.807) is 0 Å². The first-order valence-corrected chi connectivity index (χ1v) is 6.49. The van der Waals surface area contributed by atoms with Crippen molar-refractivity contribution in [2.75, 3.05) is 13.1 Å². The summed E-state index contributed by atoms with van der Waals surface area (Å²) in [6.07, 6.45) is 7.70. The van der Waals surface area contributed by atoms with Gasteiger partial charge in [0.25, 0.3) is 6.34 Å². The zero-order valence-corrected chi connectivity index (χ0v) is 11.0. The fourth-order valence-corrected chi connectivity index (χ4v) is 1.55. The van der Waals surface area contributed by atoms with Crippen LogP contribution in [0, 0.1) is 0 Å². The monoisotopic (exact) mass is 231 g/mol. The maximum absolute atomic E-state index is 4.06. The van der Waals surface area contributed by atoms with Crippen molar-refractivity contribution in [3.8, 4) is 0 Å². The maximum atomic E-state index is 4.06. The predicted molar refractivity (Wildman–Crippen MR) is 75.3 cm³/mol. The number of hydrogen-bond donors (Lipinski definition) is 0. The minimum atomic E-state index is 0.879. The van der Waals surface area contributed by atoms with Gasteiger partial charge in [-0.2, -0.15) is 0 Å². The second kappa shape index (κ2) is 8.68. The van der Waals surface area contributed by atoms with Crippen LogP contribution in [0.25, 0.3) is 0 Å². The number of benzene rings is 1. The molecular weight excluding hydrogens is 208 g/mol. The summed E-state index contributed by atoms with van der Waals surface area (Å²) in [5.41, 5.74) is 1.41. The second-order valence-electron chi connectivity index (χ2n) is 4.09. The van der Waals surface area contributed by atoms with E-state index in [4.69, 9.17) is 0 Å². The summed E-state index contributed by atoms with van der Waals surface area (Å²) in [5, 5.41) is 0. The minimum Gasteiger partial charge on any atom is -0.237 e. The molecule has 1 aliphatic heterocycles. The van der Waals surface area contributed by atoms with Crippen LogP contribution in [0.1, 0.15) is 32.3 Å². The summed E-state index contributed by atoms with van der Waals surface area (Å²) < 4.78 is 2.16. The smallest absolute Gasteiger partial charge is 0.237 e. The normalized spacial score (nSPS) is 12.9.